The van der Waals surface area contributed by atoms with Crippen LogP contribution >= 0.6 is 0 Å². The van der Waals surface area contributed by atoms with Gasteiger partial charge >= 0.3 is 23.9 Å². The molecule has 0 spiro atoms. The number of unbranched alkanes of at least 4 members (excludes halogenated alkanes) is 5. The summed E-state index contributed by atoms with van der Waals surface area (Å²) in [4.78, 5) is 78.6. The van der Waals surface area contributed by atoms with Gasteiger partial charge in [0.25, 0.3) is 0 Å². The molecular weight excluding hydrogens is 1020 g/mol. The first-order valence-corrected chi connectivity index (χ1v) is 31.8. The summed E-state index contributed by atoms with van der Waals surface area (Å²) in [6, 6.07) is 0. The number of piperidine rings is 4. The molecule has 6 rings (SSSR count). The van der Waals surface area contributed by atoms with Crippen LogP contribution in [0.15, 0.2) is 0 Å². The van der Waals surface area contributed by atoms with Gasteiger partial charge in [-0.2, -0.15) is 20.3 Å². The van der Waals surface area contributed by atoms with Gasteiger partial charge in [-0.1, -0.05) is 64.2 Å². The van der Waals surface area contributed by atoms with Gasteiger partial charge < -0.3 is 18.9 Å². The molecule has 2 saturated carbocycles. The molecule has 0 N–H and O–H groups in total. The first kappa shape index (κ1) is 66.7. The molecular formula is C64H114N4O12. The summed E-state index contributed by atoms with van der Waals surface area (Å²) >= 11 is 0. The third kappa shape index (κ3) is 19.0. The van der Waals surface area contributed by atoms with Crippen molar-refractivity contribution in [1.82, 2.24) is 20.3 Å². The van der Waals surface area contributed by atoms with Crippen molar-refractivity contribution in [2.24, 2.45) is 0 Å². The van der Waals surface area contributed by atoms with E-state index in [0.717, 1.165) is 64.2 Å². The van der Waals surface area contributed by atoms with E-state index in [1.807, 2.05) is 10.1 Å². The van der Waals surface area contributed by atoms with Gasteiger partial charge in [-0.3, -0.25) is 38.5 Å². The molecule has 6 fully saturated rings. The van der Waals surface area contributed by atoms with Crippen LogP contribution in [0.2, 0.25) is 0 Å². The van der Waals surface area contributed by atoms with E-state index in [0.29, 0.717) is 64.2 Å². The van der Waals surface area contributed by atoms with Crippen LogP contribution in [0.4, 0.5) is 0 Å². The van der Waals surface area contributed by atoms with E-state index < -0.39 is 22.2 Å². The van der Waals surface area contributed by atoms with Crippen molar-refractivity contribution in [2.45, 2.75) is 371 Å². The van der Waals surface area contributed by atoms with E-state index in [2.05, 4.69) is 121 Å². The minimum atomic E-state index is -0.429. The smallest absolute Gasteiger partial charge is 0.308 e. The van der Waals surface area contributed by atoms with Crippen LogP contribution in [0.25, 0.3) is 0 Å². The van der Waals surface area contributed by atoms with E-state index >= 15 is 0 Å². The van der Waals surface area contributed by atoms with Gasteiger partial charge in [0.15, 0.2) is 0 Å². The molecule has 80 heavy (non-hydrogen) atoms. The van der Waals surface area contributed by atoms with Crippen molar-refractivity contribution in [3.8, 4) is 0 Å². The zero-order valence-electron chi connectivity index (χ0n) is 53.4. The number of nitrogens with zero attached hydrogens (tertiary/aromatic N) is 4. The summed E-state index contributed by atoms with van der Waals surface area (Å²) in [7, 11) is 0. The fraction of sp³-hybridized carbons (Fsp3) is 0.938. The van der Waals surface area contributed by atoms with Crippen molar-refractivity contribution in [3.63, 3.8) is 0 Å². The zero-order valence-corrected chi connectivity index (χ0v) is 53.4. The predicted molar refractivity (Wildman–Crippen MR) is 310 cm³/mol. The highest BCUT2D eigenvalue weighted by molar-refractivity contribution is 5.70. The second kappa shape index (κ2) is 27.7. The van der Waals surface area contributed by atoms with Crippen molar-refractivity contribution in [2.75, 3.05) is 13.2 Å². The van der Waals surface area contributed by atoms with Gasteiger partial charge in [0.1, 0.15) is 24.4 Å². The lowest BCUT2D eigenvalue weighted by Crippen LogP contribution is -2.63. The van der Waals surface area contributed by atoms with Crippen LogP contribution in [-0.4, -0.2) is 138 Å². The minimum absolute atomic E-state index is 0.154. The lowest BCUT2D eigenvalue weighted by Gasteiger charge is -2.54. The molecule has 0 radical (unpaired) electrons. The van der Waals surface area contributed by atoms with Gasteiger partial charge in [0.05, 0.1) is 38.3 Å². The molecule has 16 nitrogen and oxygen atoms in total. The number of hydrogen-bond donors (Lipinski definition) is 0. The van der Waals surface area contributed by atoms with E-state index in [-0.39, 0.29) is 109 Å². The summed E-state index contributed by atoms with van der Waals surface area (Å²) in [5.74, 6) is -0.841. The molecule has 0 unspecified atom stereocenters. The molecule has 0 aromatic carbocycles. The fourth-order valence-corrected chi connectivity index (χ4v) is 15.6. The highest BCUT2D eigenvalue weighted by Crippen LogP contribution is 2.45. The number of hydrogen-bond acceptors (Lipinski definition) is 16. The average Bonchev–Trinajstić information content (AvgIpc) is 3.31. The molecule has 4 saturated heterocycles. The Kier molecular flexibility index (Phi) is 23.1. The van der Waals surface area contributed by atoms with Crippen molar-refractivity contribution in [1.29, 1.82) is 0 Å². The molecule has 0 aromatic rings. The van der Waals surface area contributed by atoms with Crippen LogP contribution in [0.5, 0.6) is 0 Å². The first-order valence-electron chi connectivity index (χ1n) is 31.8. The van der Waals surface area contributed by atoms with Gasteiger partial charge in [0, 0.05) is 109 Å². The number of carbonyl (C=O) groups is 4. The number of ether oxygens (including phenoxy) is 4. The second-order valence-corrected chi connectivity index (χ2v) is 30.3. The van der Waals surface area contributed by atoms with Crippen molar-refractivity contribution in [3.05, 3.63) is 0 Å². The molecule has 0 aromatic heterocycles. The van der Waals surface area contributed by atoms with E-state index in [9.17, 15) is 19.2 Å². The molecule has 0 amide bonds. The summed E-state index contributed by atoms with van der Waals surface area (Å²) in [6.45, 7) is 34.7. The van der Waals surface area contributed by atoms with Crippen LogP contribution in [0, 0.1) is 0 Å². The highest BCUT2D eigenvalue weighted by atomic mass is 16.7. The van der Waals surface area contributed by atoms with Crippen molar-refractivity contribution >= 4 is 23.9 Å². The maximum absolute atomic E-state index is 13.2. The van der Waals surface area contributed by atoms with Crippen molar-refractivity contribution < 1.29 is 57.5 Å². The molecule has 4 heterocycles. The van der Waals surface area contributed by atoms with Crippen LogP contribution < -0.4 is 0 Å². The summed E-state index contributed by atoms with van der Waals surface area (Å²) in [5.41, 5.74) is -2.82. The zero-order chi connectivity index (χ0) is 59.0. The maximum atomic E-state index is 13.2. The number of carbonyl (C=O) groups excluding carboxylic acids is 4. The third-order valence-corrected chi connectivity index (χ3v) is 18.1. The Morgan fingerprint density at radius 1 is 0.300 bits per heavy atom. The lowest BCUT2D eigenvalue weighted by atomic mass is 9.80. The number of hydroxylamine groups is 8. The minimum Gasteiger partial charge on any atom is -0.462 e. The second-order valence-electron chi connectivity index (χ2n) is 30.3. The predicted octanol–water partition coefficient (Wildman–Crippen LogP) is 13.5. The van der Waals surface area contributed by atoms with E-state index in [4.69, 9.17) is 38.3 Å². The largest absolute Gasteiger partial charge is 0.462 e. The topological polar surface area (TPSA) is 155 Å². The van der Waals surface area contributed by atoms with Crippen LogP contribution in [0.3, 0.4) is 0 Å². The normalized spacial score (nSPS) is 26.1. The van der Waals surface area contributed by atoms with Gasteiger partial charge in [0.2, 0.25) is 0 Å². The quantitative estimate of drug-likeness (QED) is 0.0483. The summed E-state index contributed by atoms with van der Waals surface area (Å²) in [5, 5.41) is 8.37. The Morgan fingerprint density at radius 2 is 0.525 bits per heavy atom. The van der Waals surface area contributed by atoms with E-state index in [1.54, 1.807) is 0 Å². The summed E-state index contributed by atoms with van der Waals surface area (Å²) in [6.07, 6.45) is 23.2. The molecule has 16 heteroatoms. The van der Waals surface area contributed by atoms with Crippen LogP contribution in [-0.2, 0) is 57.5 Å². The third-order valence-electron chi connectivity index (χ3n) is 18.1. The number of rotatable bonds is 25. The summed E-state index contributed by atoms with van der Waals surface area (Å²) < 4.78 is 24.3. The molecule has 462 valence electrons. The molecule has 0 bridgehead atoms. The lowest BCUT2D eigenvalue weighted by molar-refractivity contribution is -0.318. The average molecular weight is 1130 g/mol. The Bertz CT molecular complexity index is 1790. The monoisotopic (exact) mass is 1130 g/mol. The Balaban J connectivity index is 0.801. The SMILES string of the molecule is CC1(C)CC(OC(=O)CCCCCCCCC(=O)OC2CC(C)(C)N(OCCC(=O)OC3CC(C)(C)N(OC4CCCCC4)C(C)(C)C3)C(C)(C)C2)CC(C)(C)N1OCCC(=O)OC1CC(C)(C)N(OC2CCCCC2)C(C)(C)C1. The van der Waals surface area contributed by atoms with Gasteiger partial charge in [-0.25, -0.2) is 0 Å². The Morgan fingerprint density at radius 3 is 0.787 bits per heavy atom. The molecule has 6 aliphatic rings. The molecule has 2 aliphatic carbocycles. The first-order chi connectivity index (χ1) is 37.2. The fourth-order valence-electron chi connectivity index (χ4n) is 15.6. The Hall–Kier alpha value is -2.44. The molecule has 4 aliphatic heterocycles. The standard InChI is InChI=1S/C64H114N4O12/c1-57(2)39-49(40-58(3,4)65(57)73-37-35-55(71)77-51-43-61(9,10)67(62(11,12)44-51)79-47-29-23-21-24-30-47)75-53(69)33-27-19-17-18-20-28-34-54(70)76-50-41-59(5,6)66(60(7,8)42-50)74-38-36-56(72)78-52-45-63(13,14)68(64(15,16)46-52)80-48-31-25-22-26-32-48/h47-52H,17-46H2,1-16H3. The molecule has 0 atom stereocenters. The van der Waals surface area contributed by atoms with Gasteiger partial charge in [-0.05, 0) is 149 Å². The van der Waals surface area contributed by atoms with E-state index in [1.165, 1.54) is 38.5 Å². The Labute approximate surface area is 484 Å². The van der Waals surface area contributed by atoms with Crippen LogP contribution in [0.1, 0.15) is 291 Å². The maximum Gasteiger partial charge on any atom is 0.308 e. The number of esters is 4. The highest BCUT2D eigenvalue weighted by Gasteiger charge is 2.52. The van der Waals surface area contributed by atoms with Gasteiger partial charge in [-0.15, -0.1) is 0 Å².